The van der Waals surface area contributed by atoms with E-state index < -0.39 is 0 Å². The number of thiazole rings is 1. The molecule has 0 aliphatic heterocycles. The molecular weight excluding hydrogens is 372 g/mol. The second-order valence-electron chi connectivity index (χ2n) is 6.12. The summed E-state index contributed by atoms with van der Waals surface area (Å²) in [6, 6.07) is 18.9. The van der Waals surface area contributed by atoms with Gasteiger partial charge in [0, 0.05) is 12.1 Å². The van der Waals surface area contributed by atoms with Crippen LogP contribution >= 0.6 is 11.3 Å². The minimum atomic E-state index is -0.221. The summed E-state index contributed by atoms with van der Waals surface area (Å²) in [5.74, 6) is 1.87. The summed E-state index contributed by atoms with van der Waals surface area (Å²) in [6.45, 7) is 1.86. The highest BCUT2D eigenvalue weighted by atomic mass is 32.1. The van der Waals surface area contributed by atoms with Crippen LogP contribution in [0.15, 0.2) is 71.2 Å². The summed E-state index contributed by atoms with van der Waals surface area (Å²) < 4.78 is 11.9. The van der Waals surface area contributed by atoms with Crippen molar-refractivity contribution in [3.05, 3.63) is 78.3 Å². The molecule has 0 unspecified atom stereocenters. The van der Waals surface area contributed by atoms with Crippen molar-refractivity contribution in [1.29, 1.82) is 0 Å². The highest BCUT2D eigenvalue weighted by Crippen LogP contribution is 2.35. The Morgan fingerprint density at radius 3 is 2.75 bits per heavy atom. The largest absolute Gasteiger partial charge is 0.497 e. The number of para-hydroxylation sites is 1. The van der Waals surface area contributed by atoms with E-state index in [0.717, 1.165) is 16.0 Å². The summed E-state index contributed by atoms with van der Waals surface area (Å²) >= 11 is 1.46. The number of benzene rings is 2. The van der Waals surface area contributed by atoms with Crippen LogP contribution in [0.25, 0.3) is 16.3 Å². The first-order valence-electron chi connectivity index (χ1n) is 8.72. The van der Waals surface area contributed by atoms with E-state index in [0.29, 0.717) is 22.3 Å². The van der Waals surface area contributed by atoms with E-state index in [1.54, 1.807) is 18.1 Å². The first kappa shape index (κ1) is 18.0. The Balaban J connectivity index is 1.76. The number of carbonyl (C=O) groups excluding carboxylic acids is 1. The molecule has 0 saturated carbocycles. The number of furan rings is 1. The van der Waals surface area contributed by atoms with Crippen LogP contribution in [0.3, 0.4) is 0 Å². The number of carbonyl (C=O) groups is 1. The molecule has 0 N–H and O–H groups in total. The number of methoxy groups -OCH3 is 1. The molecular formula is C22H18N2O3S. The molecule has 1 amide bonds. The van der Waals surface area contributed by atoms with Gasteiger partial charge in [-0.3, -0.25) is 9.69 Å². The molecule has 0 radical (unpaired) electrons. The lowest BCUT2D eigenvalue weighted by Crippen LogP contribution is -2.23. The average Bonchev–Trinajstić information content (AvgIpc) is 3.32. The number of amides is 1. The lowest BCUT2D eigenvalue weighted by atomic mass is 10.2. The van der Waals surface area contributed by atoms with Gasteiger partial charge in [-0.05, 0) is 49.4 Å². The van der Waals surface area contributed by atoms with Gasteiger partial charge in [-0.25, -0.2) is 4.98 Å². The van der Waals surface area contributed by atoms with Crippen molar-refractivity contribution in [2.75, 3.05) is 12.0 Å². The van der Waals surface area contributed by atoms with Crippen LogP contribution in [0.2, 0.25) is 0 Å². The van der Waals surface area contributed by atoms with Gasteiger partial charge < -0.3 is 9.15 Å². The fourth-order valence-corrected chi connectivity index (χ4v) is 3.80. The van der Waals surface area contributed by atoms with Gasteiger partial charge in [-0.1, -0.05) is 29.5 Å². The zero-order chi connectivity index (χ0) is 19.5. The second kappa shape index (κ2) is 7.70. The van der Waals surface area contributed by atoms with Crippen LogP contribution in [-0.2, 0) is 4.79 Å². The molecule has 28 heavy (non-hydrogen) atoms. The van der Waals surface area contributed by atoms with Crippen molar-refractivity contribution >= 4 is 44.4 Å². The van der Waals surface area contributed by atoms with Crippen LogP contribution in [0.5, 0.6) is 5.75 Å². The van der Waals surface area contributed by atoms with E-state index in [-0.39, 0.29) is 5.91 Å². The normalized spacial score (nSPS) is 11.2. The van der Waals surface area contributed by atoms with Crippen LogP contribution in [0.1, 0.15) is 11.5 Å². The number of rotatable bonds is 5. The molecule has 0 fully saturated rings. The Bertz CT molecular complexity index is 1130. The Morgan fingerprint density at radius 2 is 2.00 bits per heavy atom. The monoisotopic (exact) mass is 390 g/mol. The Hall–Kier alpha value is -3.38. The van der Waals surface area contributed by atoms with Crippen molar-refractivity contribution in [1.82, 2.24) is 4.98 Å². The van der Waals surface area contributed by atoms with E-state index in [1.807, 2.05) is 67.6 Å². The molecule has 6 heteroatoms. The molecule has 5 nitrogen and oxygen atoms in total. The van der Waals surface area contributed by atoms with E-state index >= 15 is 0 Å². The fourth-order valence-electron chi connectivity index (χ4n) is 2.81. The topological polar surface area (TPSA) is 55.6 Å². The van der Waals surface area contributed by atoms with Gasteiger partial charge in [0.1, 0.15) is 17.3 Å². The van der Waals surface area contributed by atoms with E-state index in [1.165, 1.54) is 17.4 Å². The second-order valence-corrected chi connectivity index (χ2v) is 7.13. The van der Waals surface area contributed by atoms with Gasteiger partial charge in [0.2, 0.25) is 0 Å². The van der Waals surface area contributed by atoms with Crippen LogP contribution < -0.4 is 9.64 Å². The minimum absolute atomic E-state index is 0.221. The maximum absolute atomic E-state index is 13.1. The summed E-state index contributed by atoms with van der Waals surface area (Å²) in [5.41, 5.74) is 1.54. The third kappa shape index (κ3) is 3.68. The van der Waals surface area contributed by atoms with Crippen LogP contribution in [-0.4, -0.2) is 18.0 Å². The van der Waals surface area contributed by atoms with Gasteiger partial charge in [0.05, 0.1) is 23.0 Å². The van der Waals surface area contributed by atoms with Crippen LogP contribution in [0.4, 0.5) is 10.8 Å². The van der Waals surface area contributed by atoms with Gasteiger partial charge in [-0.2, -0.15) is 0 Å². The molecule has 0 atom stereocenters. The molecule has 4 aromatic rings. The van der Waals surface area contributed by atoms with Gasteiger partial charge in [0.25, 0.3) is 5.91 Å². The van der Waals surface area contributed by atoms with Gasteiger partial charge >= 0.3 is 0 Å². The number of fused-ring (bicyclic) bond motifs is 1. The molecule has 0 aliphatic carbocycles. The number of nitrogens with zero attached hydrogens (tertiary/aromatic N) is 2. The minimum Gasteiger partial charge on any atom is -0.497 e. The lowest BCUT2D eigenvalue weighted by molar-refractivity contribution is -0.113. The highest BCUT2D eigenvalue weighted by molar-refractivity contribution is 7.22. The molecule has 2 aromatic heterocycles. The molecule has 4 rings (SSSR count). The van der Waals surface area contributed by atoms with Gasteiger partial charge in [0.15, 0.2) is 5.13 Å². The Labute approximate surface area is 166 Å². The maximum atomic E-state index is 13.1. The average molecular weight is 390 g/mol. The highest BCUT2D eigenvalue weighted by Gasteiger charge is 2.20. The Kier molecular flexibility index (Phi) is 4.95. The molecule has 0 bridgehead atoms. The molecule has 0 saturated heterocycles. The summed E-state index contributed by atoms with van der Waals surface area (Å²) in [7, 11) is 1.60. The predicted octanol–water partition coefficient (Wildman–Crippen LogP) is 5.58. The lowest BCUT2D eigenvalue weighted by Gasteiger charge is -2.18. The first-order valence-corrected chi connectivity index (χ1v) is 9.54. The van der Waals surface area contributed by atoms with E-state index in [2.05, 4.69) is 4.98 Å². The van der Waals surface area contributed by atoms with Crippen molar-refractivity contribution in [3.8, 4) is 5.75 Å². The molecule has 0 spiro atoms. The number of ether oxygens (including phenoxy) is 1. The van der Waals surface area contributed by atoms with Crippen molar-refractivity contribution in [3.63, 3.8) is 0 Å². The van der Waals surface area contributed by atoms with Crippen molar-refractivity contribution in [2.24, 2.45) is 0 Å². The molecule has 140 valence electrons. The number of anilines is 2. The van der Waals surface area contributed by atoms with Crippen LogP contribution in [0, 0.1) is 6.92 Å². The number of hydrogen-bond donors (Lipinski definition) is 0. The predicted molar refractivity (Wildman–Crippen MR) is 112 cm³/mol. The van der Waals surface area contributed by atoms with E-state index in [9.17, 15) is 4.79 Å². The molecule has 2 heterocycles. The van der Waals surface area contributed by atoms with Crippen molar-refractivity contribution in [2.45, 2.75) is 6.92 Å². The fraction of sp³-hybridized carbons (Fsp3) is 0.0909. The third-order valence-electron chi connectivity index (χ3n) is 4.16. The van der Waals surface area contributed by atoms with Crippen molar-refractivity contribution < 1.29 is 13.9 Å². The molecule has 2 aromatic carbocycles. The number of hydrogen-bond acceptors (Lipinski definition) is 5. The zero-order valence-electron chi connectivity index (χ0n) is 15.5. The maximum Gasteiger partial charge on any atom is 0.257 e. The number of aryl methyl sites for hydroxylation is 1. The standard InChI is InChI=1S/C22H18N2O3S/c1-15-10-11-17(27-15)12-13-21(25)24(16-6-5-7-18(14-16)26-2)22-23-19-8-3-4-9-20(19)28-22/h3-14H,1-2H3. The van der Waals surface area contributed by atoms with Gasteiger partial charge in [-0.15, -0.1) is 0 Å². The summed E-state index contributed by atoms with van der Waals surface area (Å²) in [4.78, 5) is 19.4. The summed E-state index contributed by atoms with van der Waals surface area (Å²) in [5, 5.41) is 0.597. The van der Waals surface area contributed by atoms with E-state index in [4.69, 9.17) is 9.15 Å². The first-order chi connectivity index (χ1) is 13.6. The Morgan fingerprint density at radius 1 is 1.14 bits per heavy atom. The quantitative estimate of drug-likeness (QED) is 0.417. The number of aromatic nitrogens is 1. The molecule has 0 aliphatic rings. The summed E-state index contributed by atoms with van der Waals surface area (Å²) in [6.07, 6.45) is 3.15. The third-order valence-corrected chi connectivity index (χ3v) is 5.18. The SMILES string of the molecule is COc1cccc(N(C(=O)C=Cc2ccc(C)o2)c2nc3ccccc3s2)c1. The smallest absolute Gasteiger partial charge is 0.257 e. The zero-order valence-corrected chi connectivity index (χ0v) is 16.3.